The Morgan fingerprint density at radius 2 is 1.76 bits per heavy atom. The van der Waals surface area contributed by atoms with Gasteiger partial charge in [-0.2, -0.15) is 0 Å². The Kier molecular flexibility index (Phi) is 8.96. The van der Waals surface area contributed by atoms with Crippen LogP contribution in [-0.2, 0) is 0 Å². The van der Waals surface area contributed by atoms with Crippen molar-refractivity contribution in [2.45, 2.75) is 25.7 Å². The Morgan fingerprint density at radius 3 is 2.34 bits per heavy atom. The van der Waals surface area contributed by atoms with E-state index in [2.05, 4.69) is 37.8 Å². The Balaban J connectivity index is 0.00000300. The summed E-state index contributed by atoms with van der Waals surface area (Å²) >= 11 is 3.27. The molecule has 0 bridgehead atoms. The highest BCUT2D eigenvalue weighted by Crippen LogP contribution is 2.31. The van der Waals surface area contributed by atoms with Crippen LogP contribution in [0.4, 0.5) is 5.13 Å². The highest BCUT2D eigenvalue weighted by Gasteiger charge is 2.22. The number of anilines is 1. The molecular weight excluding hydrogens is 422 g/mol. The van der Waals surface area contributed by atoms with Gasteiger partial charge in [0.2, 0.25) is 0 Å². The molecule has 29 heavy (non-hydrogen) atoms. The number of para-hydroxylation sites is 1. The maximum Gasteiger partial charge on any atom is 0.260 e. The molecule has 0 saturated carbocycles. The summed E-state index contributed by atoms with van der Waals surface area (Å²) in [5.74, 6) is 0.0107. The number of benzene rings is 2. The summed E-state index contributed by atoms with van der Waals surface area (Å²) in [4.78, 5) is 23.5. The second kappa shape index (κ2) is 11.0. The highest BCUT2D eigenvalue weighted by molar-refractivity contribution is 7.98. The third kappa shape index (κ3) is 5.51. The SMILES string of the molecule is CCN(CC)CCN(C(=O)c1ccc(SC)cc1)c1nc2c(C)cccc2s1.Cl. The van der Waals surface area contributed by atoms with Crippen molar-refractivity contribution in [3.8, 4) is 0 Å². The van der Waals surface area contributed by atoms with Gasteiger partial charge in [-0.1, -0.05) is 37.3 Å². The Morgan fingerprint density at radius 1 is 1.07 bits per heavy atom. The summed E-state index contributed by atoms with van der Waals surface area (Å²) in [7, 11) is 0. The van der Waals surface area contributed by atoms with Crippen molar-refractivity contribution in [3.63, 3.8) is 0 Å². The molecule has 0 atom stereocenters. The largest absolute Gasteiger partial charge is 0.302 e. The number of aryl methyl sites for hydroxylation is 1. The number of fused-ring (bicyclic) bond motifs is 1. The zero-order chi connectivity index (χ0) is 20.1. The van der Waals surface area contributed by atoms with Crippen molar-refractivity contribution in [2.75, 3.05) is 37.3 Å². The lowest BCUT2D eigenvalue weighted by Gasteiger charge is -2.24. The van der Waals surface area contributed by atoms with Crippen molar-refractivity contribution in [3.05, 3.63) is 53.6 Å². The van der Waals surface area contributed by atoms with Gasteiger partial charge in [0.05, 0.1) is 10.2 Å². The Labute approximate surface area is 187 Å². The number of hydrogen-bond acceptors (Lipinski definition) is 5. The van der Waals surface area contributed by atoms with E-state index in [1.54, 1.807) is 23.1 Å². The lowest BCUT2D eigenvalue weighted by molar-refractivity contribution is 0.0983. The van der Waals surface area contributed by atoms with Crippen LogP contribution >= 0.6 is 35.5 Å². The molecule has 2 aromatic carbocycles. The first kappa shape index (κ1) is 23.7. The van der Waals surface area contributed by atoms with Gasteiger partial charge >= 0.3 is 0 Å². The highest BCUT2D eigenvalue weighted by atomic mass is 35.5. The Hall–Kier alpha value is -1.60. The Bertz CT molecular complexity index is 939. The molecule has 4 nitrogen and oxygen atoms in total. The average molecular weight is 450 g/mol. The van der Waals surface area contributed by atoms with E-state index in [0.717, 1.165) is 45.4 Å². The number of hydrogen-bond donors (Lipinski definition) is 0. The van der Waals surface area contributed by atoms with Gasteiger partial charge in [0.25, 0.3) is 5.91 Å². The molecule has 0 saturated heterocycles. The molecule has 0 aliphatic heterocycles. The normalized spacial score (nSPS) is 10.9. The zero-order valence-corrected chi connectivity index (χ0v) is 19.8. The number of likely N-dealkylation sites (N-methyl/N-ethyl adjacent to an activating group) is 1. The van der Waals surface area contributed by atoms with Crippen LogP contribution in [0.3, 0.4) is 0 Å². The molecule has 3 aromatic rings. The van der Waals surface area contributed by atoms with E-state index in [-0.39, 0.29) is 18.3 Å². The van der Waals surface area contributed by atoms with Crippen molar-refractivity contribution in [1.29, 1.82) is 0 Å². The zero-order valence-electron chi connectivity index (χ0n) is 17.3. The topological polar surface area (TPSA) is 36.4 Å². The minimum atomic E-state index is 0. The summed E-state index contributed by atoms with van der Waals surface area (Å²) in [6.45, 7) is 9.77. The monoisotopic (exact) mass is 449 g/mol. The molecule has 0 fully saturated rings. The molecule has 1 amide bonds. The predicted molar refractivity (Wildman–Crippen MR) is 129 cm³/mol. The lowest BCUT2D eigenvalue weighted by Crippen LogP contribution is -2.38. The minimum absolute atomic E-state index is 0. The fourth-order valence-electron chi connectivity index (χ4n) is 3.14. The van der Waals surface area contributed by atoms with Gasteiger partial charge < -0.3 is 4.90 Å². The van der Waals surface area contributed by atoms with Crippen molar-refractivity contribution in [1.82, 2.24) is 9.88 Å². The average Bonchev–Trinajstić information content (AvgIpc) is 3.16. The summed E-state index contributed by atoms with van der Waals surface area (Å²) in [5.41, 5.74) is 2.83. The summed E-state index contributed by atoms with van der Waals surface area (Å²) in [6, 6.07) is 14.0. The quantitative estimate of drug-likeness (QED) is 0.411. The van der Waals surface area contributed by atoms with Gasteiger partial charge in [0, 0.05) is 23.5 Å². The van der Waals surface area contributed by atoms with E-state index in [1.165, 1.54) is 0 Å². The number of thioether (sulfide) groups is 1. The first-order valence-electron chi connectivity index (χ1n) is 9.61. The molecule has 0 unspecified atom stereocenters. The third-order valence-corrected chi connectivity index (χ3v) is 6.74. The minimum Gasteiger partial charge on any atom is -0.302 e. The first-order chi connectivity index (χ1) is 13.6. The fraction of sp³-hybridized carbons (Fsp3) is 0.364. The third-order valence-electron chi connectivity index (χ3n) is 4.96. The molecular formula is C22H28ClN3OS2. The first-order valence-corrected chi connectivity index (χ1v) is 11.7. The van der Waals surface area contributed by atoms with Gasteiger partial charge in [-0.05, 0) is 62.2 Å². The van der Waals surface area contributed by atoms with Crippen LogP contribution in [0.15, 0.2) is 47.4 Å². The van der Waals surface area contributed by atoms with E-state index in [0.29, 0.717) is 12.1 Å². The number of halogens is 1. The number of thiazole rings is 1. The van der Waals surface area contributed by atoms with E-state index >= 15 is 0 Å². The van der Waals surface area contributed by atoms with Gasteiger partial charge in [-0.25, -0.2) is 4.98 Å². The lowest BCUT2D eigenvalue weighted by atomic mass is 10.2. The number of nitrogens with zero attached hydrogens (tertiary/aromatic N) is 3. The van der Waals surface area contributed by atoms with E-state index in [1.807, 2.05) is 41.5 Å². The van der Waals surface area contributed by atoms with E-state index < -0.39 is 0 Å². The van der Waals surface area contributed by atoms with Crippen LogP contribution in [-0.4, -0.2) is 48.2 Å². The van der Waals surface area contributed by atoms with Crippen LogP contribution in [0.25, 0.3) is 10.2 Å². The van der Waals surface area contributed by atoms with Crippen LogP contribution in [0, 0.1) is 6.92 Å². The molecule has 1 aromatic heterocycles. The van der Waals surface area contributed by atoms with Crippen LogP contribution in [0.5, 0.6) is 0 Å². The fourth-order valence-corrected chi connectivity index (χ4v) is 4.62. The smallest absolute Gasteiger partial charge is 0.260 e. The number of carbonyl (C=O) groups excluding carboxylic acids is 1. The van der Waals surface area contributed by atoms with Gasteiger partial charge in [-0.3, -0.25) is 9.69 Å². The number of aromatic nitrogens is 1. The maximum atomic E-state index is 13.4. The maximum absolute atomic E-state index is 13.4. The van der Waals surface area contributed by atoms with Crippen LogP contribution < -0.4 is 4.90 Å². The molecule has 0 N–H and O–H groups in total. The van der Waals surface area contributed by atoms with Gasteiger partial charge in [0.15, 0.2) is 5.13 Å². The number of carbonyl (C=O) groups is 1. The van der Waals surface area contributed by atoms with Gasteiger partial charge in [-0.15, -0.1) is 24.2 Å². The van der Waals surface area contributed by atoms with Crippen molar-refractivity contribution >= 4 is 56.8 Å². The summed E-state index contributed by atoms with van der Waals surface area (Å²) in [6.07, 6.45) is 2.04. The molecule has 0 aliphatic rings. The second-order valence-corrected chi connectivity index (χ2v) is 8.52. The van der Waals surface area contributed by atoms with E-state index in [9.17, 15) is 4.79 Å². The number of amides is 1. The molecule has 3 rings (SSSR count). The molecule has 156 valence electrons. The molecule has 0 aliphatic carbocycles. The van der Waals surface area contributed by atoms with Crippen molar-refractivity contribution in [2.24, 2.45) is 0 Å². The van der Waals surface area contributed by atoms with Crippen LogP contribution in [0.2, 0.25) is 0 Å². The molecule has 7 heteroatoms. The molecule has 0 spiro atoms. The number of rotatable bonds is 8. The van der Waals surface area contributed by atoms with Gasteiger partial charge in [0.1, 0.15) is 0 Å². The second-order valence-electron chi connectivity index (χ2n) is 6.63. The molecule has 1 heterocycles. The van der Waals surface area contributed by atoms with Crippen LogP contribution in [0.1, 0.15) is 29.8 Å². The standard InChI is InChI=1S/C22H27N3OS2.ClH/c1-5-24(6-2)14-15-25(21(26)17-10-12-18(27-4)13-11-17)22-23-20-16(3)8-7-9-19(20)28-22;/h7-13H,5-6,14-15H2,1-4H3;1H. The summed E-state index contributed by atoms with van der Waals surface area (Å²) in [5, 5.41) is 0.774. The van der Waals surface area contributed by atoms with Crippen molar-refractivity contribution < 1.29 is 4.79 Å². The molecule has 0 radical (unpaired) electrons. The summed E-state index contributed by atoms with van der Waals surface area (Å²) < 4.78 is 1.12. The van der Waals surface area contributed by atoms with E-state index in [4.69, 9.17) is 4.98 Å². The predicted octanol–water partition coefficient (Wildman–Crippen LogP) is 5.74.